The van der Waals surface area contributed by atoms with Crippen molar-refractivity contribution in [2.45, 2.75) is 11.6 Å². The zero-order valence-corrected chi connectivity index (χ0v) is 8.76. The van der Waals surface area contributed by atoms with Crippen LogP contribution in [0.3, 0.4) is 0 Å². The van der Waals surface area contributed by atoms with E-state index >= 15 is 0 Å². The first-order chi connectivity index (χ1) is 7.50. The minimum atomic E-state index is -4.47. The van der Waals surface area contributed by atoms with Gasteiger partial charge in [0.15, 0.2) is 0 Å². The van der Waals surface area contributed by atoms with Gasteiger partial charge in [-0.05, 0) is 5.56 Å². The van der Waals surface area contributed by atoms with Gasteiger partial charge in [-0.2, -0.15) is 13.2 Å². The molecule has 84 valence electrons. The second-order valence-corrected chi connectivity index (χ2v) is 3.76. The van der Waals surface area contributed by atoms with Crippen LogP contribution in [0.25, 0.3) is 5.57 Å². The summed E-state index contributed by atoms with van der Waals surface area (Å²) in [7, 11) is 0. The number of aliphatic imine (C=N–C) groups is 1. The summed E-state index contributed by atoms with van der Waals surface area (Å²) >= 11 is 5.74. The number of benzene rings is 1. The van der Waals surface area contributed by atoms with E-state index in [-0.39, 0.29) is 0 Å². The molecule has 0 aliphatic carbocycles. The largest absolute Gasteiger partial charge is 0.431 e. The molecule has 1 nitrogen and oxygen atoms in total. The minimum Gasteiger partial charge on any atom is -0.254 e. The van der Waals surface area contributed by atoms with Gasteiger partial charge >= 0.3 is 6.18 Å². The molecule has 1 aromatic rings. The van der Waals surface area contributed by atoms with Crippen molar-refractivity contribution in [3.05, 3.63) is 42.1 Å². The molecule has 0 aromatic heterocycles. The fraction of sp³-hybridized carbons (Fsp3) is 0.182. The highest BCUT2D eigenvalue weighted by molar-refractivity contribution is 6.40. The van der Waals surface area contributed by atoms with Crippen LogP contribution in [0.15, 0.2) is 41.5 Å². The molecule has 5 heteroatoms. The van der Waals surface area contributed by atoms with E-state index in [4.69, 9.17) is 11.6 Å². The lowest BCUT2D eigenvalue weighted by molar-refractivity contribution is -0.0594. The fourth-order valence-corrected chi connectivity index (χ4v) is 1.85. The van der Waals surface area contributed by atoms with Crippen molar-refractivity contribution in [3.63, 3.8) is 0 Å². The molecule has 0 bridgehead atoms. The van der Waals surface area contributed by atoms with Gasteiger partial charge in [0.1, 0.15) is 11.1 Å². The van der Waals surface area contributed by atoms with Crippen LogP contribution in [0, 0.1) is 0 Å². The summed E-state index contributed by atoms with van der Waals surface area (Å²) in [6, 6.07) is 8.68. The molecule has 0 spiro atoms. The lowest BCUT2D eigenvalue weighted by Crippen LogP contribution is -2.29. The highest BCUT2D eigenvalue weighted by Gasteiger charge is 2.43. The molecule has 1 heterocycles. The topological polar surface area (TPSA) is 12.4 Å². The van der Waals surface area contributed by atoms with Crippen molar-refractivity contribution in [3.8, 4) is 0 Å². The van der Waals surface area contributed by atoms with Crippen LogP contribution >= 0.6 is 11.6 Å². The molecule has 0 radical (unpaired) electrons. The van der Waals surface area contributed by atoms with E-state index in [1.807, 2.05) is 0 Å². The smallest absolute Gasteiger partial charge is 0.254 e. The Hall–Kier alpha value is -1.29. The molecule has 16 heavy (non-hydrogen) atoms. The van der Waals surface area contributed by atoms with E-state index in [1.54, 1.807) is 30.3 Å². The predicted octanol–water partition coefficient (Wildman–Crippen LogP) is 3.65. The first-order valence-corrected chi connectivity index (χ1v) is 4.98. The average Bonchev–Trinajstić information content (AvgIpc) is 2.61. The molecule has 0 fully saturated rings. The van der Waals surface area contributed by atoms with Crippen molar-refractivity contribution < 1.29 is 13.2 Å². The molecule has 1 aliphatic rings. The van der Waals surface area contributed by atoms with Gasteiger partial charge in [-0.3, -0.25) is 4.99 Å². The summed E-state index contributed by atoms with van der Waals surface area (Å²) in [4.78, 5) is 3.34. The fourth-order valence-electron chi connectivity index (χ4n) is 1.49. The molecular formula is C11H7ClF3N. The van der Waals surface area contributed by atoms with E-state index in [1.165, 1.54) is 6.20 Å². The van der Waals surface area contributed by atoms with Gasteiger partial charge in [0.25, 0.3) is 0 Å². The van der Waals surface area contributed by atoms with E-state index in [2.05, 4.69) is 4.99 Å². The summed E-state index contributed by atoms with van der Waals surface area (Å²) in [6.45, 7) is 0. The van der Waals surface area contributed by atoms with Crippen LogP contribution in [0.5, 0.6) is 0 Å². The van der Waals surface area contributed by atoms with Gasteiger partial charge in [0.05, 0.1) is 0 Å². The van der Waals surface area contributed by atoms with Crippen molar-refractivity contribution in [1.82, 2.24) is 0 Å². The van der Waals surface area contributed by atoms with Gasteiger partial charge in [0.2, 0.25) is 0 Å². The van der Waals surface area contributed by atoms with Gasteiger partial charge in [0, 0.05) is 11.8 Å². The number of alkyl halides is 4. The average molecular weight is 246 g/mol. The van der Waals surface area contributed by atoms with Crippen LogP contribution in [0.2, 0.25) is 0 Å². The Morgan fingerprint density at radius 1 is 1.12 bits per heavy atom. The minimum absolute atomic E-state index is 0.384. The molecule has 0 amide bonds. The molecule has 0 N–H and O–H groups in total. The SMILES string of the molecule is FC(F)(F)C1=NC=C(c2ccccc2)[C@@H]1Cl. The number of hydrogen-bond acceptors (Lipinski definition) is 1. The lowest BCUT2D eigenvalue weighted by Gasteiger charge is -2.12. The molecule has 2 rings (SSSR count). The van der Waals surface area contributed by atoms with Crippen molar-refractivity contribution >= 4 is 22.9 Å². The van der Waals surface area contributed by atoms with E-state index in [9.17, 15) is 13.2 Å². The third-order valence-corrected chi connectivity index (χ3v) is 2.70. The number of halogens is 4. The van der Waals surface area contributed by atoms with Gasteiger partial charge in [-0.25, -0.2) is 0 Å². The van der Waals surface area contributed by atoms with Gasteiger partial charge in [-0.15, -0.1) is 11.6 Å². The normalized spacial score (nSPS) is 20.6. The maximum absolute atomic E-state index is 12.5. The first kappa shape index (κ1) is 11.2. The molecule has 1 atom stereocenters. The second kappa shape index (κ2) is 3.94. The summed E-state index contributed by atoms with van der Waals surface area (Å²) in [5, 5.41) is -1.22. The van der Waals surface area contributed by atoms with E-state index in [0.717, 1.165) is 0 Å². The third-order valence-electron chi connectivity index (χ3n) is 2.25. The van der Waals surface area contributed by atoms with Crippen LogP contribution < -0.4 is 0 Å². The van der Waals surface area contributed by atoms with Crippen molar-refractivity contribution in [1.29, 1.82) is 0 Å². The standard InChI is InChI=1S/C11H7ClF3N/c12-9-8(7-4-2-1-3-5-7)6-16-10(9)11(13,14)15/h1-6,9H/t9-/m0/s1. The summed E-state index contributed by atoms with van der Waals surface area (Å²) in [5.74, 6) is 0. The third kappa shape index (κ3) is 1.97. The molecular weight excluding hydrogens is 239 g/mol. The number of allylic oxidation sites excluding steroid dienone is 1. The quantitative estimate of drug-likeness (QED) is 0.670. The first-order valence-electron chi connectivity index (χ1n) is 4.54. The molecule has 0 saturated carbocycles. The van der Waals surface area contributed by atoms with E-state index in [0.29, 0.717) is 11.1 Å². The van der Waals surface area contributed by atoms with Crippen molar-refractivity contribution in [2.75, 3.05) is 0 Å². The Kier molecular flexibility index (Phi) is 2.76. The van der Waals surface area contributed by atoms with Crippen LogP contribution in [-0.2, 0) is 0 Å². The monoisotopic (exact) mass is 245 g/mol. The summed E-state index contributed by atoms with van der Waals surface area (Å²) < 4.78 is 37.4. The van der Waals surface area contributed by atoms with Gasteiger partial charge < -0.3 is 0 Å². The van der Waals surface area contributed by atoms with Gasteiger partial charge in [-0.1, -0.05) is 30.3 Å². The lowest BCUT2D eigenvalue weighted by atomic mass is 10.0. The predicted molar refractivity (Wildman–Crippen MR) is 57.6 cm³/mol. The zero-order chi connectivity index (χ0) is 11.8. The Morgan fingerprint density at radius 2 is 1.75 bits per heavy atom. The number of rotatable bonds is 1. The Bertz CT molecular complexity index is 448. The molecule has 1 aliphatic heterocycles. The second-order valence-electron chi connectivity index (χ2n) is 3.33. The Balaban J connectivity index is 2.27. The molecule has 0 saturated heterocycles. The Labute approximate surface area is 95.3 Å². The Morgan fingerprint density at radius 3 is 2.25 bits per heavy atom. The number of nitrogens with zero attached hydrogens (tertiary/aromatic N) is 1. The van der Waals surface area contributed by atoms with Crippen LogP contribution in [-0.4, -0.2) is 17.3 Å². The highest BCUT2D eigenvalue weighted by atomic mass is 35.5. The maximum atomic E-state index is 12.5. The van der Waals surface area contributed by atoms with Crippen LogP contribution in [0.4, 0.5) is 13.2 Å². The van der Waals surface area contributed by atoms with E-state index < -0.39 is 17.3 Å². The molecule has 1 aromatic carbocycles. The number of hydrogen-bond donors (Lipinski definition) is 0. The maximum Gasteiger partial charge on any atom is 0.431 e. The zero-order valence-electron chi connectivity index (χ0n) is 8.00. The summed E-state index contributed by atoms with van der Waals surface area (Å²) in [5.41, 5.74) is 0.0908. The van der Waals surface area contributed by atoms with Crippen LogP contribution in [0.1, 0.15) is 5.56 Å². The summed E-state index contributed by atoms with van der Waals surface area (Å²) in [6.07, 6.45) is -3.30. The highest BCUT2D eigenvalue weighted by Crippen LogP contribution is 2.34. The van der Waals surface area contributed by atoms with Crippen molar-refractivity contribution in [2.24, 2.45) is 4.99 Å². The molecule has 0 unspecified atom stereocenters.